The molecular formula is C10H13BrMgO. The third-order valence-electron chi connectivity index (χ3n) is 1.52. The second-order valence-corrected chi connectivity index (χ2v) is 2.33. The minimum Gasteiger partial charge on any atom is -1.00 e. The van der Waals surface area contributed by atoms with Gasteiger partial charge in [0.15, 0.2) is 0 Å². The van der Waals surface area contributed by atoms with Gasteiger partial charge < -0.3 is 28.6 Å². The van der Waals surface area contributed by atoms with E-state index in [0.29, 0.717) is 0 Å². The maximum Gasteiger partial charge on any atom is 2.00 e. The third kappa shape index (κ3) is 5.55. The van der Waals surface area contributed by atoms with E-state index >= 15 is 0 Å². The average Bonchev–Trinajstić information content (AvgIpc) is 2.07. The molecule has 0 radical (unpaired) electrons. The Morgan fingerprint density at radius 3 is 2.15 bits per heavy atom. The molecule has 0 saturated carbocycles. The molecule has 13 heavy (non-hydrogen) atoms. The Morgan fingerprint density at radius 1 is 1.23 bits per heavy atom. The van der Waals surface area contributed by atoms with E-state index < -0.39 is 0 Å². The first-order chi connectivity index (χ1) is 5.36. The maximum absolute atomic E-state index is 5.28. The molecule has 1 nitrogen and oxygen atoms in total. The van der Waals surface area contributed by atoms with Crippen LogP contribution in [0, 0.1) is 6.92 Å². The van der Waals surface area contributed by atoms with Crippen LogP contribution in [0.25, 0.3) is 0 Å². The van der Waals surface area contributed by atoms with Gasteiger partial charge in [-0.1, -0.05) is 17.7 Å². The van der Waals surface area contributed by atoms with Gasteiger partial charge in [-0.15, -0.1) is 0 Å². The molecule has 0 aliphatic rings. The fraction of sp³-hybridized carbons (Fsp3) is 0.300. The largest absolute Gasteiger partial charge is 2.00 e. The molecule has 1 rings (SSSR count). The quantitative estimate of drug-likeness (QED) is 0.500. The van der Waals surface area contributed by atoms with Crippen molar-refractivity contribution < 1.29 is 21.7 Å². The molecule has 0 amide bonds. The van der Waals surface area contributed by atoms with Crippen molar-refractivity contribution in [2.24, 2.45) is 0 Å². The van der Waals surface area contributed by atoms with E-state index in [4.69, 9.17) is 4.74 Å². The third-order valence-corrected chi connectivity index (χ3v) is 1.52. The van der Waals surface area contributed by atoms with Crippen LogP contribution in [0.5, 0.6) is 5.75 Å². The van der Waals surface area contributed by atoms with E-state index in [1.54, 1.807) is 0 Å². The standard InChI is InChI=1S/C10H13O.BrH.Mg/c1-3-9-5-7-10(8-6-9)11-4-2;;/h5-8H,1,3-4H2,2H3;1H;/q-1;;+2/p-1. The Bertz CT molecular complexity index is 211. The molecule has 0 aromatic heterocycles. The molecule has 0 unspecified atom stereocenters. The molecule has 0 fully saturated rings. The minimum absolute atomic E-state index is 0. The predicted molar refractivity (Wildman–Crippen MR) is 52.4 cm³/mol. The van der Waals surface area contributed by atoms with Crippen molar-refractivity contribution >= 4 is 23.1 Å². The van der Waals surface area contributed by atoms with Gasteiger partial charge in [-0.25, -0.2) is 0 Å². The van der Waals surface area contributed by atoms with Crippen LogP contribution >= 0.6 is 0 Å². The van der Waals surface area contributed by atoms with Crippen LogP contribution in [0.15, 0.2) is 24.3 Å². The van der Waals surface area contributed by atoms with E-state index in [1.165, 1.54) is 5.56 Å². The topological polar surface area (TPSA) is 9.23 Å². The summed E-state index contributed by atoms with van der Waals surface area (Å²) in [6.07, 6.45) is 0.840. The Hall–Kier alpha value is 0.266. The summed E-state index contributed by atoms with van der Waals surface area (Å²) in [6.45, 7) is 6.50. The van der Waals surface area contributed by atoms with Gasteiger partial charge >= 0.3 is 23.1 Å². The van der Waals surface area contributed by atoms with Crippen LogP contribution in [0.3, 0.4) is 0 Å². The molecule has 0 atom stereocenters. The van der Waals surface area contributed by atoms with Crippen molar-refractivity contribution in [3.63, 3.8) is 0 Å². The summed E-state index contributed by atoms with van der Waals surface area (Å²) in [5, 5.41) is 0. The van der Waals surface area contributed by atoms with E-state index in [0.717, 1.165) is 18.8 Å². The van der Waals surface area contributed by atoms with Crippen LogP contribution in [0.4, 0.5) is 0 Å². The second-order valence-electron chi connectivity index (χ2n) is 2.33. The van der Waals surface area contributed by atoms with E-state index in [-0.39, 0.29) is 40.0 Å². The van der Waals surface area contributed by atoms with Crippen molar-refractivity contribution in [2.45, 2.75) is 13.3 Å². The van der Waals surface area contributed by atoms with Crippen molar-refractivity contribution in [3.05, 3.63) is 36.8 Å². The fourth-order valence-corrected chi connectivity index (χ4v) is 0.919. The van der Waals surface area contributed by atoms with Gasteiger partial charge in [-0.2, -0.15) is 6.42 Å². The summed E-state index contributed by atoms with van der Waals surface area (Å²) < 4.78 is 5.28. The molecule has 68 valence electrons. The number of halogens is 1. The summed E-state index contributed by atoms with van der Waals surface area (Å²) in [7, 11) is 0. The summed E-state index contributed by atoms with van der Waals surface area (Å²) in [5.41, 5.74) is 1.24. The fourth-order valence-electron chi connectivity index (χ4n) is 0.919. The molecule has 0 aliphatic carbocycles. The summed E-state index contributed by atoms with van der Waals surface area (Å²) in [6, 6.07) is 8.03. The number of ether oxygens (including phenoxy) is 1. The molecule has 0 heterocycles. The Morgan fingerprint density at radius 2 is 1.77 bits per heavy atom. The zero-order valence-corrected chi connectivity index (χ0v) is 10.9. The van der Waals surface area contributed by atoms with Crippen molar-refractivity contribution in [3.8, 4) is 5.75 Å². The molecule has 0 aliphatic heterocycles. The predicted octanol–water partition coefficient (Wildman–Crippen LogP) is -0.915. The van der Waals surface area contributed by atoms with E-state index in [2.05, 4.69) is 6.92 Å². The Kier molecular flexibility index (Phi) is 10.7. The van der Waals surface area contributed by atoms with Crippen molar-refractivity contribution in [1.82, 2.24) is 0 Å². The Balaban J connectivity index is 0. The molecule has 0 spiro atoms. The van der Waals surface area contributed by atoms with Gasteiger partial charge in [0.2, 0.25) is 0 Å². The maximum atomic E-state index is 5.28. The number of benzene rings is 1. The zero-order chi connectivity index (χ0) is 8.10. The first-order valence-electron chi connectivity index (χ1n) is 3.87. The number of rotatable bonds is 3. The second kappa shape index (κ2) is 8.85. The first-order valence-corrected chi connectivity index (χ1v) is 3.87. The monoisotopic (exact) mass is 252 g/mol. The SMILES string of the molecule is [Br-].[CH2-]Cc1ccc(OCC)cc1.[Mg+2]. The van der Waals surface area contributed by atoms with Crippen LogP contribution in [0.1, 0.15) is 12.5 Å². The molecular weight excluding hydrogens is 240 g/mol. The molecule has 0 saturated heterocycles. The Labute approximate surface area is 107 Å². The van der Waals surface area contributed by atoms with Gasteiger partial charge in [0.05, 0.1) is 6.61 Å². The van der Waals surface area contributed by atoms with Crippen molar-refractivity contribution in [1.29, 1.82) is 0 Å². The zero-order valence-electron chi connectivity index (χ0n) is 7.92. The van der Waals surface area contributed by atoms with Gasteiger partial charge in [-0.3, -0.25) is 0 Å². The van der Waals surface area contributed by atoms with Gasteiger partial charge in [0.1, 0.15) is 5.75 Å². The van der Waals surface area contributed by atoms with Crippen molar-refractivity contribution in [2.75, 3.05) is 6.61 Å². The molecule has 3 heteroatoms. The van der Waals surface area contributed by atoms with Crippen LogP contribution in [-0.2, 0) is 6.42 Å². The molecule has 0 N–H and O–H groups in total. The first kappa shape index (κ1) is 15.7. The number of hydrogen-bond acceptors (Lipinski definition) is 1. The molecule has 1 aromatic carbocycles. The van der Waals surface area contributed by atoms with Crippen LogP contribution in [0.2, 0.25) is 0 Å². The van der Waals surface area contributed by atoms with Gasteiger partial charge in [0, 0.05) is 0 Å². The summed E-state index contributed by atoms with van der Waals surface area (Å²) in [5.74, 6) is 0.935. The minimum atomic E-state index is 0. The van der Waals surface area contributed by atoms with Crippen LogP contribution in [-0.4, -0.2) is 29.7 Å². The van der Waals surface area contributed by atoms with Gasteiger partial charge in [-0.05, 0) is 19.1 Å². The normalized spacial score (nSPS) is 8.15. The molecule has 1 aromatic rings. The van der Waals surface area contributed by atoms with E-state index in [1.807, 2.05) is 31.2 Å². The van der Waals surface area contributed by atoms with Crippen LogP contribution < -0.4 is 21.7 Å². The summed E-state index contributed by atoms with van der Waals surface area (Å²) in [4.78, 5) is 0. The molecule has 0 bridgehead atoms. The smallest absolute Gasteiger partial charge is 1.00 e. The van der Waals surface area contributed by atoms with Gasteiger partial charge in [0.25, 0.3) is 0 Å². The number of hydrogen-bond donors (Lipinski definition) is 0. The summed E-state index contributed by atoms with van der Waals surface area (Å²) >= 11 is 0. The van der Waals surface area contributed by atoms with E-state index in [9.17, 15) is 0 Å². The average molecular weight is 253 g/mol.